The van der Waals surface area contributed by atoms with Crippen LogP contribution in [0.5, 0.6) is 0 Å². The normalized spacial score (nSPS) is 14.1. The number of nitrogens with one attached hydrogen (secondary N) is 3. The monoisotopic (exact) mass is 482 g/mol. The summed E-state index contributed by atoms with van der Waals surface area (Å²) in [5, 5.41) is 16.7. The molecule has 35 heavy (non-hydrogen) atoms. The van der Waals surface area contributed by atoms with Crippen LogP contribution in [0.4, 0.5) is 0 Å². The minimum Gasteiger partial charge on any atom is -0.480 e. The third kappa shape index (κ3) is 9.21. The molecule has 0 radical (unpaired) electrons. The average Bonchev–Trinajstić information content (AvgIpc) is 2.86. The molecule has 3 amide bonds. The van der Waals surface area contributed by atoms with Gasteiger partial charge in [0.2, 0.25) is 17.7 Å². The van der Waals surface area contributed by atoms with Crippen LogP contribution in [0, 0.1) is 5.92 Å². The number of carboxylic acids is 1. The van der Waals surface area contributed by atoms with E-state index in [1.807, 2.05) is 50.2 Å². The maximum Gasteiger partial charge on any atom is 0.322 e. The molecule has 2 aromatic rings. The fraction of sp³-hybridized carbons (Fsp3) is 0.385. The van der Waals surface area contributed by atoms with Gasteiger partial charge < -0.3 is 26.8 Å². The Kier molecular flexibility index (Phi) is 10.9. The van der Waals surface area contributed by atoms with Crippen LogP contribution in [0.15, 0.2) is 60.7 Å². The third-order valence-electron chi connectivity index (χ3n) is 5.80. The second-order valence-electron chi connectivity index (χ2n) is 8.52. The van der Waals surface area contributed by atoms with E-state index >= 15 is 0 Å². The lowest BCUT2D eigenvalue weighted by Gasteiger charge is -2.25. The number of hydrogen-bond acceptors (Lipinski definition) is 5. The van der Waals surface area contributed by atoms with Crippen molar-refractivity contribution in [1.82, 2.24) is 16.0 Å². The van der Waals surface area contributed by atoms with E-state index in [0.29, 0.717) is 6.42 Å². The highest BCUT2D eigenvalue weighted by Gasteiger charge is 2.29. The molecule has 4 atom stereocenters. The Hall–Kier alpha value is -3.72. The van der Waals surface area contributed by atoms with Crippen molar-refractivity contribution in [2.24, 2.45) is 11.7 Å². The fourth-order valence-electron chi connectivity index (χ4n) is 3.46. The number of carbonyl (C=O) groups excluding carboxylic acids is 3. The van der Waals surface area contributed by atoms with Gasteiger partial charge in [0.25, 0.3) is 0 Å². The molecule has 0 aliphatic heterocycles. The molecule has 4 unspecified atom stereocenters. The molecule has 0 aromatic heterocycles. The van der Waals surface area contributed by atoms with Crippen molar-refractivity contribution in [2.75, 3.05) is 6.54 Å². The zero-order valence-electron chi connectivity index (χ0n) is 20.1. The van der Waals surface area contributed by atoms with E-state index in [1.54, 1.807) is 24.3 Å². The van der Waals surface area contributed by atoms with E-state index in [-0.39, 0.29) is 18.8 Å². The van der Waals surface area contributed by atoms with Crippen LogP contribution in [0.3, 0.4) is 0 Å². The van der Waals surface area contributed by atoms with Crippen LogP contribution in [-0.4, -0.2) is 53.5 Å². The minimum atomic E-state index is -1.20. The summed E-state index contributed by atoms with van der Waals surface area (Å²) >= 11 is 0. The van der Waals surface area contributed by atoms with E-state index in [1.165, 1.54) is 0 Å². The Morgan fingerprint density at radius 2 is 1.26 bits per heavy atom. The molecule has 9 nitrogen and oxygen atoms in total. The average molecular weight is 483 g/mol. The Morgan fingerprint density at radius 3 is 1.71 bits per heavy atom. The van der Waals surface area contributed by atoms with Crippen LogP contribution in [0.1, 0.15) is 31.4 Å². The van der Waals surface area contributed by atoms with Gasteiger partial charge in [-0.15, -0.1) is 0 Å². The highest BCUT2D eigenvalue weighted by atomic mass is 16.4. The summed E-state index contributed by atoms with van der Waals surface area (Å²) in [4.78, 5) is 49.8. The molecule has 0 spiro atoms. The molecule has 2 rings (SSSR count). The predicted molar refractivity (Wildman–Crippen MR) is 132 cm³/mol. The van der Waals surface area contributed by atoms with Gasteiger partial charge in [-0.25, -0.2) is 0 Å². The molecule has 0 heterocycles. The van der Waals surface area contributed by atoms with Gasteiger partial charge in [-0.05, 0) is 17.0 Å². The van der Waals surface area contributed by atoms with Crippen LogP contribution in [0.25, 0.3) is 0 Å². The van der Waals surface area contributed by atoms with Gasteiger partial charge in [0.05, 0.1) is 6.04 Å². The maximum atomic E-state index is 13.3. The summed E-state index contributed by atoms with van der Waals surface area (Å²) in [5.41, 5.74) is 7.67. The van der Waals surface area contributed by atoms with Gasteiger partial charge in [0, 0.05) is 12.8 Å². The Labute approximate surface area is 205 Å². The number of hydrogen-bond donors (Lipinski definition) is 5. The number of rotatable bonds is 13. The molecule has 0 bridgehead atoms. The van der Waals surface area contributed by atoms with E-state index in [0.717, 1.165) is 11.1 Å². The van der Waals surface area contributed by atoms with Crippen molar-refractivity contribution in [2.45, 2.75) is 51.2 Å². The van der Waals surface area contributed by atoms with Crippen molar-refractivity contribution in [3.05, 3.63) is 71.8 Å². The number of aliphatic carboxylic acids is 1. The number of carbonyl (C=O) groups is 4. The molecule has 188 valence electrons. The quantitative estimate of drug-likeness (QED) is 0.288. The molecule has 0 saturated carbocycles. The maximum absolute atomic E-state index is 13.3. The van der Waals surface area contributed by atoms with Crippen LogP contribution in [0.2, 0.25) is 0 Å². The SMILES string of the molecule is CCC(C)C(N)C(=O)NC(Cc1ccccc1)C(=O)NC(Cc1ccccc1)C(=O)NCC(=O)O. The van der Waals surface area contributed by atoms with Gasteiger partial charge in [-0.1, -0.05) is 80.9 Å². The van der Waals surface area contributed by atoms with E-state index in [9.17, 15) is 19.2 Å². The number of nitrogens with two attached hydrogens (primary N) is 1. The zero-order valence-corrected chi connectivity index (χ0v) is 20.1. The van der Waals surface area contributed by atoms with Crippen LogP contribution < -0.4 is 21.7 Å². The first-order valence-corrected chi connectivity index (χ1v) is 11.6. The first-order valence-electron chi connectivity index (χ1n) is 11.6. The molecule has 0 aliphatic rings. The summed E-state index contributed by atoms with van der Waals surface area (Å²) in [5.74, 6) is -2.93. The van der Waals surface area contributed by atoms with Crippen molar-refractivity contribution in [1.29, 1.82) is 0 Å². The van der Waals surface area contributed by atoms with Gasteiger partial charge in [0.1, 0.15) is 18.6 Å². The Balaban J connectivity index is 2.24. The number of carboxylic acid groups (broad SMARTS) is 1. The molecule has 9 heteroatoms. The van der Waals surface area contributed by atoms with E-state index in [4.69, 9.17) is 10.8 Å². The summed E-state index contributed by atoms with van der Waals surface area (Å²) < 4.78 is 0. The molecular formula is C26H34N4O5. The van der Waals surface area contributed by atoms with Gasteiger partial charge in [-0.2, -0.15) is 0 Å². The molecule has 2 aromatic carbocycles. The second kappa shape index (κ2) is 13.9. The lowest BCUT2D eigenvalue weighted by Crippen LogP contribution is -2.57. The molecule has 6 N–H and O–H groups in total. The largest absolute Gasteiger partial charge is 0.480 e. The second-order valence-corrected chi connectivity index (χ2v) is 8.52. The third-order valence-corrected chi connectivity index (χ3v) is 5.80. The molecule has 0 saturated heterocycles. The summed E-state index contributed by atoms with van der Waals surface area (Å²) in [6.45, 7) is 3.21. The number of benzene rings is 2. The molecule has 0 fully saturated rings. The highest BCUT2D eigenvalue weighted by molar-refractivity contribution is 5.94. The topological polar surface area (TPSA) is 151 Å². The van der Waals surface area contributed by atoms with Gasteiger partial charge >= 0.3 is 5.97 Å². The molecular weight excluding hydrogens is 448 g/mol. The number of amides is 3. The predicted octanol–water partition coefficient (Wildman–Crippen LogP) is 1.02. The van der Waals surface area contributed by atoms with Gasteiger partial charge in [-0.3, -0.25) is 19.2 Å². The van der Waals surface area contributed by atoms with Crippen molar-refractivity contribution >= 4 is 23.7 Å². The highest BCUT2D eigenvalue weighted by Crippen LogP contribution is 2.09. The Morgan fingerprint density at radius 1 is 0.800 bits per heavy atom. The fourth-order valence-corrected chi connectivity index (χ4v) is 3.46. The van der Waals surface area contributed by atoms with Crippen LogP contribution in [-0.2, 0) is 32.0 Å². The first-order chi connectivity index (χ1) is 16.7. The van der Waals surface area contributed by atoms with Crippen molar-refractivity contribution < 1.29 is 24.3 Å². The Bertz CT molecular complexity index is 984. The smallest absolute Gasteiger partial charge is 0.322 e. The minimum absolute atomic E-state index is 0.0805. The standard InChI is InChI=1S/C26H34N4O5/c1-3-17(2)23(27)26(35)30-21(15-19-12-8-5-9-13-19)25(34)29-20(24(33)28-16-22(31)32)14-18-10-6-4-7-11-18/h4-13,17,20-21,23H,3,14-16,27H2,1-2H3,(H,28,33)(H,29,34)(H,30,35)(H,31,32). The van der Waals surface area contributed by atoms with Crippen molar-refractivity contribution in [3.8, 4) is 0 Å². The lowest BCUT2D eigenvalue weighted by molar-refractivity contribution is -0.138. The van der Waals surface area contributed by atoms with Crippen molar-refractivity contribution in [3.63, 3.8) is 0 Å². The first kappa shape index (κ1) is 27.5. The lowest BCUT2D eigenvalue weighted by atomic mass is 9.98. The zero-order chi connectivity index (χ0) is 25.8. The van der Waals surface area contributed by atoms with Gasteiger partial charge in [0.15, 0.2) is 0 Å². The molecule has 0 aliphatic carbocycles. The van der Waals surface area contributed by atoms with Crippen LogP contribution >= 0.6 is 0 Å². The van der Waals surface area contributed by atoms with E-state index < -0.39 is 48.4 Å². The van der Waals surface area contributed by atoms with E-state index in [2.05, 4.69) is 16.0 Å². The summed E-state index contributed by atoms with van der Waals surface area (Å²) in [6, 6.07) is 15.4. The summed E-state index contributed by atoms with van der Waals surface area (Å²) in [6.07, 6.45) is 1.05. The summed E-state index contributed by atoms with van der Waals surface area (Å²) in [7, 11) is 0.